The van der Waals surface area contributed by atoms with Gasteiger partial charge in [-0.05, 0) is 38.8 Å². The average Bonchev–Trinajstić information content (AvgIpc) is 2.63. The van der Waals surface area contributed by atoms with Crippen LogP contribution in [0.3, 0.4) is 0 Å². The second-order valence-corrected chi connectivity index (χ2v) is 6.99. The fraction of sp³-hybridized carbons (Fsp3) is 0.556. The number of hydrogen-bond donors (Lipinski definition) is 0. The van der Waals surface area contributed by atoms with Crippen LogP contribution in [-0.2, 0) is 11.5 Å². The van der Waals surface area contributed by atoms with Crippen LogP contribution in [0.2, 0.25) is 0 Å². The molecule has 25 heavy (non-hydrogen) atoms. The quantitative estimate of drug-likeness (QED) is 0.837. The highest BCUT2D eigenvalue weighted by Gasteiger charge is 2.28. The minimum Gasteiger partial charge on any atom is -0.343 e. The van der Waals surface area contributed by atoms with Crippen LogP contribution in [0.15, 0.2) is 29.1 Å². The molecule has 0 N–H and O–H groups in total. The maximum atomic E-state index is 12.5. The van der Waals surface area contributed by atoms with Gasteiger partial charge in [0.2, 0.25) is 5.91 Å². The van der Waals surface area contributed by atoms with E-state index in [0.717, 1.165) is 25.9 Å². The Morgan fingerprint density at radius 1 is 1.28 bits per heavy atom. The normalized spacial score (nSPS) is 16.5. The van der Waals surface area contributed by atoms with E-state index < -0.39 is 0 Å². The predicted molar refractivity (Wildman–Crippen MR) is 96.0 cm³/mol. The molecule has 1 fully saturated rings. The molecule has 1 aliphatic heterocycles. The Labute approximate surface area is 147 Å². The first-order valence-corrected chi connectivity index (χ1v) is 8.79. The number of carbonyl (C=O) groups is 1. The zero-order valence-electron chi connectivity index (χ0n) is 15.1. The second kappa shape index (κ2) is 7.31. The lowest BCUT2D eigenvalue weighted by atomic mass is 9.95. The number of fused-ring (bicyclic) bond motifs is 1. The van der Waals surface area contributed by atoms with E-state index in [0.29, 0.717) is 17.6 Å². The van der Waals surface area contributed by atoms with E-state index in [1.165, 1.54) is 4.68 Å². The zero-order chi connectivity index (χ0) is 18.0. The third-order valence-corrected chi connectivity index (χ3v) is 5.02. The molecule has 1 aliphatic rings. The van der Waals surface area contributed by atoms with Gasteiger partial charge in [-0.2, -0.15) is 4.68 Å². The molecule has 3 rings (SSSR count). The van der Waals surface area contributed by atoms with Crippen molar-refractivity contribution in [1.82, 2.24) is 24.8 Å². The van der Waals surface area contributed by atoms with Gasteiger partial charge in [-0.1, -0.05) is 17.3 Å². The van der Waals surface area contributed by atoms with Crippen molar-refractivity contribution >= 4 is 16.8 Å². The molecule has 2 aromatic rings. The van der Waals surface area contributed by atoms with Crippen LogP contribution < -0.4 is 5.56 Å². The van der Waals surface area contributed by atoms with Crippen molar-refractivity contribution in [3.8, 4) is 0 Å². The number of piperidine rings is 1. The SMILES string of the molecule is CC(C)N(C)C(=O)C1CCN(Cn2nnc3ccccc3c2=O)CC1. The molecule has 0 saturated carbocycles. The van der Waals surface area contributed by atoms with Crippen molar-refractivity contribution in [2.45, 2.75) is 39.4 Å². The van der Waals surface area contributed by atoms with Gasteiger partial charge in [0.25, 0.3) is 5.56 Å². The van der Waals surface area contributed by atoms with E-state index >= 15 is 0 Å². The summed E-state index contributed by atoms with van der Waals surface area (Å²) in [4.78, 5) is 28.9. The molecule has 1 aromatic carbocycles. The van der Waals surface area contributed by atoms with E-state index in [-0.39, 0.29) is 23.4 Å². The maximum absolute atomic E-state index is 12.5. The first-order chi connectivity index (χ1) is 12.0. The van der Waals surface area contributed by atoms with E-state index in [1.54, 1.807) is 12.1 Å². The average molecular weight is 343 g/mol. The lowest BCUT2D eigenvalue weighted by Gasteiger charge is -2.34. The number of likely N-dealkylation sites (tertiary alicyclic amines) is 1. The molecular formula is C18H25N5O2. The lowest BCUT2D eigenvalue weighted by Crippen LogP contribution is -2.44. The molecule has 0 aliphatic carbocycles. The van der Waals surface area contributed by atoms with Gasteiger partial charge in [0, 0.05) is 32.1 Å². The molecule has 1 aromatic heterocycles. The van der Waals surface area contributed by atoms with E-state index in [2.05, 4.69) is 15.2 Å². The summed E-state index contributed by atoms with van der Waals surface area (Å²) in [6, 6.07) is 7.46. The third-order valence-electron chi connectivity index (χ3n) is 5.02. The fourth-order valence-corrected chi connectivity index (χ4v) is 3.17. The molecule has 0 atom stereocenters. The summed E-state index contributed by atoms with van der Waals surface area (Å²) in [6.45, 7) is 6.03. The van der Waals surface area contributed by atoms with Gasteiger partial charge < -0.3 is 4.90 Å². The van der Waals surface area contributed by atoms with Gasteiger partial charge in [-0.25, -0.2) is 0 Å². The van der Waals surface area contributed by atoms with Crippen LogP contribution in [0.25, 0.3) is 10.9 Å². The molecule has 2 heterocycles. The summed E-state index contributed by atoms with van der Waals surface area (Å²) >= 11 is 0. The first-order valence-electron chi connectivity index (χ1n) is 8.79. The van der Waals surface area contributed by atoms with Crippen LogP contribution in [0.1, 0.15) is 26.7 Å². The van der Waals surface area contributed by atoms with Crippen LogP contribution in [0.4, 0.5) is 0 Å². The molecule has 1 amide bonds. The van der Waals surface area contributed by atoms with Gasteiger partial charge in [0.05, 0.1) is 12.1 Å². The van der Waals surface area contributed by atoms with Gasteiger partial charge in [-0.3, -0.25) is 14.5 Å². The molecule has 0 spiro atoms. The molecule has 7 nitrogen and oxygen atoms in total. The Balaban J connectivity index is 1.64. The largest absolute Gasteiger partial charge is 0.343 e. The highest BCUT2D eigenvalue weighted by Crippen LogP contribution is 2.20. The fourth-order valence-electron chi connectivity index (χ4n) is 3.17. The zero-order valence-corrected chi connectivity index (χ0v) is 15.1. The van der Waals surface area contributed by atoms with E-state index in [9.17, 15) is 9.59 Å². The van der Waals surface area contributed by atoms with Crippen molar-refractivity contribution in [2.24, 2.45) is 5.92 Å². The Kier molecular flexibility index (Phi) is 5.13. The number of hydrogen-bond acceptors (Lipinski definition) is 5. The minimum absolute atomic E-state index is 0.0723. The van der Waals surface area contributed by atoms with Gasteiger partial charge >= 0.3 is 0 Å². The van der Waals surface area contributed by atoms with Crippen LogP contribution >= 0.6 is 0 Å². The van der Waals surface area contributed by atoms with Crippen LogP contribution in [0.5, 0.6) is 0 Å². The smallest absolute Gasteiger partial charge is 0.278 e. The number of amides is 1. The van der Waals surface area contributed by atoms with E-state index in [1.807, 2.05) is 37.9 Å². The van der Waals surface area contributed by atoms with Crippen LogP contribution in [-0.4, -0.2) is 56.9 Å². The topological polar surface area (TPSA) is 71.3 Å². The summed E-state index contributed by atoms with van der Waals surface area (Å²) in [5, 5.41) is 8.75. The molecular weight excluding hydrogens is 318 g/mol. The summed E-state index contributed by atoms with van der Waals surface area (Å²) in [5.74, 6) is 0.292. The second-order valence-electron chi connectivity index (χ2n) is 6.99. The van der Waals surface area contributed by atoms with E-state index in [4.69, 9.17) is 0 Å². The van der Waals surface area contributed by atoms with Crippen molar-refractivity contribution in [1.29, 1.82) is 0 Å². The number of aromatic nitrogens is 3. The third kappa shape index (κ3) is 3.71. The van der Waals surface area contributed by atoms with Crippen LogP contribution in [0, 0.1) is 5.92 Å². The standard InChI is InChI=1S/C18H25N5O2/c1-13(2)21(3)17(24)14-8-10-22(11-9-14)12-23-18(25)15-6-4-5-7-16(15)19-20-23/h4-7,13-14H,8-12H2,1-3H3. The summed E-state index contributed by atoms with van der Waals surface area (Å²) in [5.41, 5.74) is 0.494. The Hall–Kier alpha value is -2.28. The molecule has 0 radical (unpaired) electrons. The first kappa shape index (κ1) is 17.5. The highest BCUT2D eigenvalue weighted by molar-refractivity contribution is 5.79. The monoisotopic (exact) mass is 343 g/mol. The number of rotatable bonds is 4. The highest BCUT2D eigenvalue weighted by atomic mass is 16.2. The Morgan fingerprint density at radius 2 is 1.96 bits per heavy atom. The van der Waals surface area contributed by atoms with Crippen molar-refractivity contribution in [3.63, 3.8) is 0 Å². The molecule has 7 heteroatoms. The van der Waals surface area contributed by atoms with Gasteiger partial charge in [0.1, 0.15) is 5.52 Å². The van der Waals surface area contributed by atoms with Crippen molar-refractivity contribution in [3.05, 3.63) is 34.6 Å². The molecule has 0 bridgehead atoms. The number of carbonyl (C=O) groups excluding carboxylic acids is 1. The van der Waals surface area contributed by atoms with Crippen molar-refractivity contribution < 1.29 is 4.79 Å². The maximum Gasteiger partial charge on any atom is 0.278 e. The lowest BCUT2D eigenvalue weighted by molar-refractivity contribution is -0.137. The Morgan fingerprint density at radius 3 is 2.64 bits per heavy atom. The Bertz CT molecular complexity index is 808. The summed E-state index contributed by atoms with van der Waals surface area (Å²) in [7, 11) is 1.86. The summed E-state index contributed by atoms with van der Waals surface area (Å²) in [6.07, 6.45) is 1.62. The van der Waals surface area contributed by atoms with Crippen molar-refractivity contribution in [2.75, 3.05) is 20.1 Å². The molecule has 1 saturated heterocycles. The molecule has 0 unspecified atom stereocenters. The molecule has 134 valence electrons. The van der Waals surface area contributed by atoms with Gasteiger partial charge in [0.15, 0.2) is 0 Å². The number of benzene rings is 1. The van der Waals surface area contributed by atoms with Gasteiger partial charge in [-0.15, -0.1) is 5.10 Å². The predicted octanol–water partition coefficient (Wildman–Crippen LogP) is 1.33. The summed E-state index contributed by atoms with van der Waals surface area (Å²) < 4.78 is 1.41. The minimum atomic E-state index is -0.122. The number of nitrogens with zero attached hydrogens (tertiary/aromatic N) is 5.